The standard InChI is InChI=1S/C14H15N5/c1-19-10-11(8-17-19)6-7-15-14-9-16-18-13-5-3-2-4-12(13)14/h2-5,8-10H,6-7H2,1H3,(H,15,18). The van der Waals surface area contributed by atoms with Crippen LogP contribution in [0.1, 0.15) is 5.56 Å². The summed E-state index contributed by atoms with van der Waals surface area (Å²) in [6, 6.07) is 8.00. The molecule has 5 heteroatoms. The van der Waals surface area contributed by atoms with Crippen LogP contribution in [0, 0.1) is 0 Å². The number of hydrogen-bond donors (Lipinski definition) is 1. The molecule has 0 saturated carbocycles. The van der Waals surface area contributed by atoms with Gasteiger partial charge in [0.1, 0.15) is 0 Å². The van der Waals surface area contributed by atoms with Crippen LogP contribution >= 0.6 is 0 Å². The van der Waals surface area contributed by atoms with Crippen molar-refractivity contribution in [3.63, 3.8) is 0 Å². The summed E-state index contributed by atoms with van der Waals surface area (Å²) in [5.74, 6) is 0. The first-order valence-electron chi connectivity index (χ1n) is 6.25. The van der Waals surface area contributed by atoms with E-state index in [-0.39, 0.29) is 0 Å². The predicted octanol–water partition coefficient (Wildman–Crippen LogP) is 2.02. The minimum absolute atomic E-state index is 0.849. The number of nitrogens with one attached hydrogen (secondary N) is 1. The monoisotopic (exact) mass is 253 g/mol. The van der Waals surface area contributed by atoms with Crippen molar-refractivity contribution in [1.82, 2.24) is 20.0 Å². The van der Waals surface area contributed by atoms with Crippen molar-refractivity contribution in [2.75, 3.05) is 11.9 Å². The van der Waals surface area contributed by atoms with E-state index in [0.29, 0.717) is 0 Å². The van der Waals surface area contributed by atoms with Gasteiger partial charge in [0, 0.05) is 25.2 Å². The van der Waals surface area contributed by atoms with Crippen molar-refractivity contribution in [2.45, 2.75) is 6.42 Å². The van der Waals surface area contributed by atoms with Gasteiger partial charge in [0.15, 0.2) is 0 Å². The molecule has 0 aliphatic rings. The number of aryl methyl sites for hydroxylation is 1. The fourth-order valence-electron chi connectivity index (χ4n) is 2.09. The molecule has 0 atom stereocenters. The van der Waals surface area contributed by atoms with Gasteiger partial charge in [0.05, 0.1) is 23.6 Å². The molecule has 0 aliphatic heterocycles. The van der Waals surface area contributed by atoms with Crippen LogP contribution < -0.4 is 5.32 Å². The molecule has 2 heterocycles. The highest BCUT2D eigenvalue weighted by Crippen LogP contribution is 2.19. The van der Waals surface area contributed by atoms with E-state index in [1.165, 1.54) is 5.56 Å². The van der Waals surface area contributed by atoms with Crippen LogP contribution in [-0.2, 0) is 13.5 Å². The summed E-state index contributed by atoms with van der Waals surface area (Å²) in [7, 11) is 1.93. The Morgan fingerprint density at radius 2 is 2.11 bits per heavy atom. The van der Waals surface area contributed by atoms with Gasteiger partial charge in [-0.25, -0.2) is 0 Å². The average molecular weight is 253 g/mol. The Kier molecular flexibility index (Phi) is 3.10. The molecule has 0 unspecified atom stereocenters. The summed E-state index contributed by atoms with van der Waals surface area (Å²) in [4.78, 5) is 0. The van der Waals surface area contributed by atoms with Crippen molar-refractivity contribution in [2.24, 2.45) is 7.05 Å². The van der Waals surface area contributed by atoms with Crippen LogP contribution in [0.25, 0.3) is 10.9 Å². The highest BCUT2D eigenvalue weighted by Gasteiger charge is 2.02. The molecule has 96 valence electrons. The number of fused-ring (bicyclic) bond motifs is 1. The lowest BCUT2D eigenvalue weighted by atomic mass is 10.2. The van der Waals surface area contributed by atoms with Crippen LogP contribution in [0.4, 0.5) is 5.69 Å². The molecule has 19 heavy (non-hydrogen) atoms. The van der Waals surface area contributed by atoms with Crippen LogP contribution in [0.5, 0.6) is 0 Å². The van der Waals surface area contributed by atoms with Crippen LogP contribution in [0.15, 0.2) is 42.9 Å². The lowest BCUT2D eigenvalue weighted by Crippen LogP contribution is -2.05. The summed E-state index contributed by atoms with van der Waals surface area (Å²) in [6.45, 7) is 0.849. The third kappa shape index (κ3) is 2.54. The van der Waals surface area contributed by atoms with Crippen LogP contribution in [-0.4, -0.2) is 26.5 Å². The van der Waals surface area contributed by atoms with E-state index >= 15 is 0 Å². The molecule has 2 aromatic heterocycles. The maximum Gasteiger partial charge on any atom is 0.0950 e. The third-order valence-electron chi connectivity index (χ3n) is 3.03. The van der Waals surface area contributed by atoms with E-state index in [2.05, 4.69) is 26.7 Å². The first-order chi connectivity index (χ1) is 9.33. The second-order valence-electron chi connectivity index (χ2n) is 4.47. The topological polar surface area (TPSA) is 55.6 Å². The van der Waals surface area contributed by atoms with Gasteiger partial charge >= 0.3 is 0 Å². The predicted molar refractivity (Wildman–Crippen MR) is 74.9 cm³/mol. The SMILES string of the molecule is Cn1cc(CCNc2cnnc3ccccc23)cn1. The summed E-state index contributed by atoms with van der Waals surface area (Å²) in [5.41, 5.74) is 3.16. The van der Waals surface area contributed by atoms with E-state index in [1.54, 1.807) is 6.20 Å². The zero-order valence-electron chi connectivity index (χ0n) is 10.7. The van der Waals surface area contributed by atoms with Crippen molar-refractivity contribution < 1.29 is 0 Å². The summed E-state index contributed by atoms with van der Waals surface area (Å²) >= 11 is 0. The number of hydrogen-bond acceptors (Lipinski definition) is 4. The van der Waals surface area contributed by atoms with E-state index in [9.17, 15) is 0 Å². The minimum atomic E-state index is 0.849. The third-order valence-corrected chi connectivity index (χ3v) is 3.03. The van der Waals surface area contributed by atoms with Gasteiger partial charge in [-0.05, 0) is 18.1 Å². The Morgan fingerprint density at radius 1 is 1.21 bits per heavy atom. The minimum Gasteiger partial charge on any atom is -0.383 e. The lowest BCUT2D eigenvalue weighted by Gasteiger charge is -2.07. The summed E-state index contributed by atoms with van der Waals surface area (Å²) in [5, 5.41) is 16.8. The average Bonchev–Trinajstić information content (AvgIpc) is 2.85. The highest BCUT2D eigenvalue weighted by atomic mass is 15.2. The fourth-order valence-corrected chi connectivity index (χ4v) is 2.09. The number of benzene rings is 1. The van der Waals surface area contributed by atoms with Crippen LogP contribution in [0.3, 0.4) is 0 Å². The molecule has 0 radical (unpaired) electrons. The van der Waals surface area contributed by atoms with E-state index in [0.717, 1.165) is 29.6 Å². The van der Waals surface area contributed by atoms with Gasteiger partial charge in [-0.1, -0.05) is 18.2 Å². The second-order valence-corrected chi connectivity index (χ2v) is 4.47. The molecule has 0 aliphatic carbocycles. The van der Waals surface area contributed by atoms with E-state index in [4.69, 9.17) is 0 Å². The quantitative estimate of drug-likeness (QED) is 0.773. The maximum absolute atomic E-state index is 4.16. The Bertz CT molecular complexity index is 684. The van der Waals surface area contributed by atoms with Gasteiger partial charge in [-0.15, -0.1) is 0 Å². The van der Waals surface area contributed by atoms with Gasteiger partial charge in [0.25, 0.3) is 0 Å². The smallest absolute Gasteiger partial charge is 0.0950 e. The summed E-state index contributed by atoms with van der Waals surface area (Å²) < 4.78 is 1.82. The number of rotatable bonds is 4. The first-order valence-corrected chi connectivity index (χ1v) is 6.25. The molecular formula is C14H15N5. The number of anilines is 1. The summed E-state index contributed by atoms with van der Waals surface area (Å²) in [6.07, 6.45) is 6.63. The molecule has 3 rings (SSSR count). The molecule has 0 bridgehead atoms. The Hall–Kier alpha value is -2.43. The Labute approximate surface area is 111 Å². The van der Waals surface area contributed by atoms with E-state index < -0.39 is 0 Å². The second kappa shape index (κ2) is 5.06. The number of nitrogens with zero attached hydrogens (tertiary/aromatic N) is 4. The molecule has 3 aromatic rings. The van der Waals surface area contributed by atoms with Gasteiger partial charge in [0.2, 0.25) is 0 Å². The molecule has 0 fully saturated rings. The molecule has 1 aromatic carbocycles. The highest BCUT2D eigenvalue weighted by molar-refractivity contribution is 5.90. The molecule has 0 spiro atoms. The maximum atomic E-state index is 4.16. The molecular weight excluding hydrogens is 238 g/mol. The van der Waals surface area contributed by atoms with Crippen molar-refractivity contribution >= 4 is 16.6 Å². The first kappa shape index (κ1) is 11.6. The normalized spacial score (nSPS) is 10.8. The van der Waals surface area contributed by atoms with Crippen LogP contribution in [0.2, 0.25) is 0 Å². The Morgan fingerprint density at radius 3 is 2.95 bits per heavy atom. The van der Waals surface area contributed by atoms with Gasteiger partial charge in [-0.3, -0.25) is 4.68 Å². The number of aromatic nitrogens is 4. The molecule has 1 N–H and O–H groups in total. The van der Waals surface area contributed by atoms with E-state index in [1.807, 2.05) is 42.3 Å². The largest absolute Gasteiger partial charge is 0.383 e. The molecule has 0 amide bonds. The Balaban J connectivity index is 1.71. The van der Waals surface area contributed by atoms with Crippen molar-refractivity contribution in [3.8, 4) is 0 Å². The lowest BCUT2D eigenvalue weighted by molar-refractivity contribution is 0.767. The molecule has 5 nitrogen and oxygen atoms in total. The fraction of sp³-hybridized carbons (Fsp3) is 0.214. The molecule has 0 saturated heterocycles. The van der Waals surface area contributed by atoms with Crippen molar-refractivity contribution in [3.05, 3.63) is 48.4 Å². The van der Waals surface area contributed by atoms with Crippen molar-refractivity contribution in [1.29, 1.82) is 0 Å². The zero-order valence-corrected chi connectivity index (χ0v) is 10.7. The van der Waals surface area contributed by atoms with Gasteiger partial charge < -0.3 is 5.32 Å². The van der Waals surface area contributed by atoms with Gasteiger partial charge in [-0.2, -0.15) is 15.3 Å². The zero-order chi connectivity index (χ0) is 13.1.